The Labute approximate surface area is 160 Å². The summed E-state index contributed by atoms with van der Waals surface area (Å²) < 4.78 is 6.20. The predicted octanol–water partition coefficient (Wildman–Crippen LogP) is 4.13. The zero-order valence-electron chi connectivity index (χ0n) is 15.6. The average molecular weight is 362 g/mol. The Morgan fingerprint density at radius 1 is 1.26 bits per heavy atom. The van der Waals surface area contributed by atoms with Gasteiger partial charge in [0.05, 0.1) is 17.5 Å². The van der Waals surface area contributed by atoms with E-state index in [4.69, 9.17) is 4.74 Å². The van der Waals surface area contributed by atoms with Crippen LogP contribution in [0.5, 0.6) is 0 Å². The van der Waals surface area contributed by atoms with Gasteiger partial charge in [0.25, 0.3) is 0 Å². The largest absolute Gasteiger partial charge is 0.456 e. The van der Waals surface area contributed by atoms with Gasteiger partial charge in [0.1, 0.15) is 6.10 Å². The molecule has 1 aromatic carbocycles. The monoisotopic (exact) mass is 362 g/mol. The quantitative estimate of drug-likeness (QED) is 0.593. The molecule has 0 amide bonds. The maximum Gasteiger partial charge on any atom is 0.309 e. The second-order valence-electron chi connectivity index (χ2n) is 8.30. The van der Waals surface area contributed by atoms with E-state index in [1.54, 1.807) is 0 Å². The molecule has 0 spiro atoms. The van der Waals surface area contributed by atoms with Crippen molar-refractivity contribution in [1.29, 1.82) is 0 Å². The standard InChI is InChI=1S/C23H26N2O2/c1-2-15-14-25-12-10-17(15)13-21(25)22(27-23(26)16-7-8-16)19-9-11-24-20-6-4-3-5-18(19)20/h2-6,9,11,15-17,21-22H,1,7-8,10,12-14H2/t15-,17+,21-,22+/m0/s1. The third kappa shape index (κ3) is 3.06. The Kier molecular flexibility index (Phi) is 4.24. The lowest BCUT2D eigenvalue weighted by atomic mass is 9.73. The molecule has 2 bridgehead atoms. The number of carbonyl (C=O) groups is 1. The van der Waals surface area contributed by atoms with Crippen molar-refractivity contribution in [1.82, 2.24) is 9.88 Å². The number of aromatic nitrogens is 1. The second kappa shape index (κ2) is 6.75. The zero-order chi connectivity index (χ0) is 18.4. The highest BCUT2D eigenvalue weighted by Crippen LogP contribution is 2.44. The van der Waals surface area contributed by atoms with Gasteiger partial charge in [-0.05, 0) is 56.2 Å². The number of fused-ring (bicyclic) bond motifs is 4. The number of hydrogen-bond donors (Lipinski definition) is 0. The number of carbonyl (C=O) groups excluding carboxylic acids is 1. The Hall–Kier alpha value is -2.20. The minimum absolute atomic E-state index is 0.0242. The van der Waals surface area contributed by atoms with Crippen LogP contribution in [0.15, 0.2) is 49.2 Å². The molecule has 27 heavy (non-hydrogen) atoms. The molecular weight excluding hydrogens is 336 g/mol. The molecule has 1 aliphatic carbocycles. The smallest absolute Gasteiger partial charge is 0.309 e. The summed E-state index contributed by atoms with van der Waals surface area (Å²) in [5, 5.41) is 1.09. The molecule has 1 saturated carbocycles. The van der Waals surface area contributed by atoms with Gasteiger partial charge in [0.15, 0.2) is 0 Å². The molecule has 4 fully saturated rings. The molecule has 4 nitrogen and oxygen atoms in total. The molecule has 3 saturated heterocycles. The number of nitrogens with zero attached hydrogens (tertiary/aromatic N) is 2. The summed E-state index contributed by atoms with van der Waals surface area (Å²) in [5.74, 6) is 1.29. The van der Waals surface area contributed by atoms with E-state index in [9.17, 15) is 4.79 Å². The van der Waals surface area contributed by atoms with Crippen LogP contribution in [-0.4, -0.2) is 35.0 Å². The van der Waals surface area contributed by atoms with Crippen LogP contribution in [0.25, 0.3) is 10.9 Å². The first-order valence-corrected chi connectivity index (χ1v) is 10.2. The second-order valence-corrected chi connectivity index (χ2v) is 8.30. The molecule has 1 aromatic heterocycles. The third-order valence-corrected chi connectivity index (χ3v) is 6.65. The Morgan fingerprint density at radius 2 is 2.11 bits per heavy atom. The average Bonchev–Trinajstić information content (AvgIpc) is 3.57. The Balaban J connectivity index is 1.53. The number of para-hydroxylation sites is 1. The number of hydrogen-bond acceptors (Lipinski definition) is 4. The fourth-order valence-electron chi connectivity index (χ4n) is 4.95. The number of rotatable bonds is 5. The van der Waals surface area contributed by atoms with Crippen LogP contribution >= 0.6 is 0 Å². The van der Waals surface area contributed by atoms with Crippen molar-refractivity contribution in [3.63, 3.8) is 0 Å². The SMILES string of the molecule is C=C[C@H]1CN2CC[C@@H]1C[C@H]2[C@H](OC(=O)C1CC1)c1ccnc2ccccc12. The van der Waals surface area contributed by atoms with Gasteiger partial charge in [-0.15, -0.1) is 6.58 Å². The van der Waals surface area contributed by atoms with Crippen LogP contribution in [0.3, 0.4) is 0 Å². The first-order chi connectivity index (χ1) is 13.2. The lowest BCUT2D eigenvalue weighted by Gasteiger charge is -2.51. The van der Waals surface area contributed by atoms with Gasteiger partial charge in [-0.1, -0.05) is 24.3 Å². The van der Waals surface area contributed by atoms with Gasteiger partial charge < -0.3 is 4.74 Å². The summed E-state index contributed by atoms with van der Waals surface area (Å²) >= 11 is 0. The van der Waals surface area contributed by atoms with Gasteiger partial charge in [0, 0.05) is 23.7 Å². The van der Waals surface area contributed by atoms with E-state index in [1.807, 2.05) is 30.5 Å². The summed E-state index contributed by atoms with van der Waals surface area (Å²) in [6.45, 7) is 6.14. The normalized spacial score (nSPS) is 30.8. The van der Waals surface area contributed by atoms with Gasteiger partial charge in [-0.2, -0.15) is 0 Å². The van der Waals surface area contributed by atoms with Crippen LogP contribution in [0, 0.1) is 17.8 Å². The van der Waals surface area contributed by atoms with Crippen LogP contribution in [0.4, 0.5) is 0 Å². The van der Waals surface area contributed by atoms with Crippen molar-refractivity contribution in [2.24, 2.45) is 17.8 Å². The number of pyridine rings is 1. The summed E-state index contributed by atoms with van der Waals surface area (Å²) in [7, 11) is 0. The van der Waals surface area contributed by atoms with Crippen molar-refractivity contribution in [2.75, 3.05) is 13.1 Å². The highest BCUT2D eigenvalue weighted by molar-refractivity contribution is 5.83. The van der Waals surface area contributed by atoms with E-state index in [-0.39, 0.29) is 24.0 Å². The Morgan fingerprint density at radius 3 is 2.85 bits per heavy atom. The number of esters is 1. The van der Waals surface area contributed by atoms with Crippen LogP contribution in [0.2, 0.25) is 0 Å². The molecule has 0 N–H and O–H groups in total. The molecule has 1 unspecified atom stereocenters. The molecule has 2 aromatic rings. The lowest BCUT2D eigenvalue weighted by molar-refractivity contribution is -0.158. The maximum absolute atomic E-state index is 12.6. The fourth-order valence-corrected chi connectivity index (χ4v) is 4.95. The number of benzene rings is 1. The highest BCUT2D eigenvalue weighted by atomic mass is 16.5. The topological polar surface area (TPSA) is 42.4 Å². The molecule has 5 atom stereocenters. The zero-order valence-corrected chi connectivity index (χ0v) is 15.6. The van der Waals surface area contributed by atoms with Crippen molar-refractivity contribution in [3.05, 3.63) is 54.7 Å². The third-order valence-electron chi connectivity index (χ3n) is 6.65. The Bertz CT molecular complexity index is 870. The van der Waals surface area contributed by atoms with E-state index < -0.39 is 0 Å². The molecular formula is C23H26N2O2. The summed E-state index contributed by atoms with van der Waals surface area (Å²) in [6, 6.07) is 10.5. The maximum atomic E-state index is 12.6. The molecule has 140 valence electrons. The summed E-state index contributed by atoms with van der Waals surface area (Å²) in [6.07, 6.45) is 7.96. The van der Waals surface area contributed by atoms with Crippen LogP contribution < -0.4 is 0 Å². The van der Waals surface area contributed by atoms with E-state index in [2.05, 4.69) is 28.6 Å². The van der Waals surface area contributed by atoms with Gasteiger partial charge >= 0.3 is 5.97 Å². The minimum atomic E-state index is -0.223. The van der Waals surface area contributed by atoms with Crippen molar-refractivity contribution < 1.29 is 9.53 Å². The van der Waals surface area contributed by atoms with Crippen LogP contribution in [0.1, 0.15) is 37.4 Å². The van der Waals surface area contributed by atoms with Crippen molar-refractivity contribution in [2.45, 2.75) is 37.8 Å². The van der Waals surface area contributed by atoms with Crippen molar-refractivity contribution >= 4 is 16.9 Å². The molecule has 4 aliphatic rings. The van der Waals surface area contributed by atoms with Crippen LogP contribution in [-0.2, 0) is 9.53 Å². The molecule has 4 heterocycles. The van der Waals surface area contributed by atoms with E-state index in [0.29, 0.717) is 11.8 Å². The predicted molar refractivity (Wildman–Crippen MR) is 105 cm³/mol. The fraction of sp³-hybridized carbons (Fsp3) is 0.478. The molecule has 3 aliphatic heterocycles. The van der Waals surface area contributed by atoms with E-state index in [1.165, 1.54) is 6.42 Å². The molecule has 0 radical (unpaired) electrons. The first kappa shape index (κ1) is 16.9. The number of ether oxygens (including phenoxy) is 1. The highest BCUT2D eigenvalue weighted by Gasteiger charge is 2.45. The van der Waals surface area contributed by atoms with E-state index in [0.717, 1.165) is 48.8 Å². The minimum Gasteiger partial charge on any atom is -0.456 e. The van der Waals surface area contributed by atoms with E-state index >= 15 is 0 Å². The lowest BCUT2D eigenvalue weighted by Crippen LogP contribution is -2.55. The molecule has 4 heteroatoms. The molecule has 6 rings (SSSR count). The van der Waals surface area contributed by atoms with Gasteiger partial charge in [0.2, 0.25) is 0 Å². The summed E-state index contributed by atoms with van der Waals surface area (Å²) in [4.78, 5) is 19.6. The van der Waals surface area contributed by atoms with Gasteiger partial charge in [-0.3, -0.25) is 14.7 Å². The summed E-state index contributed by atoms with van der Waals surface area (Å²) in [5.41, 5.74) is 2.06. The van der Waals surface area contributed by atoms with Gasteiger partial charge in [-0.25, -0.2) is 0 Å². The van der Waals surface area contributed by atoms with Crippen molar-refractivity contribution in [3.8, 4) is 0 Å². The first-order valence-electron chi connectivity index (χ1n) is 10.2. The number of piperidine rings is 3.